The van der Waals surface area contributed by atoms with Crippen LogP contribution in [-0.2, 0) is 6.42 Å². The van der Waals surface area contributed by atoms with Crippen molar-refractivity contribution in [3.05, 3.63) is 29.5 Å². The Morgan fingerprint density at radius 3 is 2.80 bits per heavy atom. The summed E-state index contributed by atoms with van der Waals surface area (Å²) in [6.07, 6.45) is 7.90. The van der Waals surface area contributed by atoms with Crippen LogP contribution in [0, 0.1) is 5.92 Å². The van der Waals surface area contributed by atoms with Crippen LogP contribution >= 0.6 is 0 Å². The molecule has 1 atom stereocenters. The maximum absolute atomic E-state index is 9.74. The number of nitrogens with one attached hydrogen (secondary N) is 2. The van der Waals surface area contributed by atoms with Gasteiger partial charge >= 0.3 is 0 Å². The SMILES string of the molecule is Oc1ccc2[nH]c3c(c2c1)CCNC3C1CCCCC1. The lowest BCUT2D eigenvalue weighted by Gasteiger charge is -2.34. The van der Waals surface area contributed by atoms with Crippen molar-refractivity contribution in [2.45, 2.75) is 44.6 Å². The zero-order chi connectivity index (χ0) is 13.5. The fraction of sp³-hybridized carbons (Fsp3) is 0.529. The standard InChI is InChI=1S/C17H22N2O/c20-12-6-7-15-14(10-12)13-8-9-18-16(17(13)19-15)11-4-2-1-3-5-11/h6-7,10-11,16,18-20H,1-5,8-9H2. The topological polar surface area (TPSA) is 48.0 Å². The van der Waals surface area contributed by atoms with Crippen molar-refractivity contribution in [2.75, 3.05) is 6.54 Å². The van der Waals surface area contributed by atoms with Crippen molar-refractivity contribution >= 4 is 10.9 Å². The van der Waals surface area contributed by atoms with Gasteiger partial charge in [0, 0.05) is 16.6 Å². The molecule has 2 aliphatic rings. The van der Waals surface area contributed by atoms with Gasteiger partial charge < -0.3 is 15.4 Å². The minimum atomic E-state index is 0.368. The Morgan fingerprint density at radius 1 is 1.10 bits per heavy atom. The molecule has 0 bridgehead atoms. The monoisotopic (exact) mass is 270 g/mol. The van der Waals surface area contributed by atoms with Crippen LogP contribution in [0.5, 0.6) is 5.75 Å². The van der Waals surface area contributed by atoms with Crippen LogP contribution in [0.3, 0.4) is 0 Å². The third-order valence-corrected chi connectivity index (χ3v) is 5.09. The number of H-pyrrole nitrogens is 1. The van der Waals surface area contributed by atoms with Gasteiger partial charge in [0.2, 0.25) is 0 Å². The molecule has 1 aromatic heterocycles. The first-order valence-corrected chi connectivity index (χ1v) is 7.90. The lowest BCUT2D eigenvalue weighted by atomic mass is 9.80. The number of hydrogen-bond donors (Lipinski definition) is 3. The predicted octanol–water partition coefficient (Wildman–Crippen LogP) is 3.64. The smallest absolute Gasteiger partial charge is 0.116 e. The molecule has 3 heteroatoms. The van der Waals surface area contributed by atoms with E-state index in [1.807, 2.05) is 12.1 Å². The van der Waals surface area contributed by atoms with Crippen molar-refractivity contribution in [1.29, 1.82) is 0 Å². The molecule has 1 saturated carbocycles. The summed E-state index contributed by atoms with van der Waals surface area (Å²) in [6, 6.07) is 6.16. The zero-order valence-corrected chi connectivity index (χ0v) is 11.8. The Labute approximate surface area is 119 Å². The van der Waals surface area contributed by atoms with Crippen molar-refractivity contribution in [1.82, 2.24) is 10.3 Å². The number of phenols is 1. The number of fused-ring (bicyclic) bond motifs is 3. The molecule has 1 aliphatic heterocycles. The molecule has 2 aromatic rings. The van der Waals surface area contributed by atoms with E-state index in [4.69, 9.17) is 0 Å². The molecule has 0 radical (unpaired) electrons. The van der Waals surface area contributed by atoms with Gasteiger partial charge in [0.25, 0.3) is 0 Å². The number of rotatable bonds is 1. The average molecular weight is 270 g/mol. The van der Waals surface area contributed by atoms with E-state index in [1.54, 1.807) is 6.07 Å². The van der Waals surface area contributed by atoms with E-state index < -0.39 is 0 Å². The predicted molar refractivity (Wildman–Crippen MR) is 81.0 cm³/mol. The quantitative estimate of drug-likeness (QED) is 0.741. The van der Waals surface area contributed by atoms with Gasteiger partial charge in [0.05, 0.1) is 6.04 Å². The molecule has 1 aromatic carbocycles. The van der Waals surface area contributed by atoms with Crippen LogP contribution in [0.4, 0.5) is 0 Å². The van der Waals surface area contributed by atoms with Crippen molar-refractivity contribution < 1.29 is 5.11 Å². The Balaban J connectivity index is 1.78. The molecule has 1 fully saturated rings. The highest BCUT2D eigenvalue weighted by Crippen LogP contribution is 2.39. The van der Waals surface area contributed by atoms with Gasteiger partial charge in [0.1, 0.15) is 5.75 Å². The van der Waals surface area contributed by atoms with Crippen molar-refractivity contribution in [3.63, 3.8) is 0 Å². The first-order chi connectivity index (χ1) is 9.83. The Kier molecular flexibility index (Phi) is 2.95. The Bertz CT molecular complexity index is 625. The third kappa shape index (κ3) is 1.92. The van der Waals surface area contributed by atoms with Crippen LogP contribution in [-0.4, -0.2) is 16.6 Å². The summed E-state index contributed by atoms with van der Waals surface area (Å²) in [7, 11) is 0. The Morgan fingerprint density at radius 2 is 1.95 bits per heavy atom. The van der Waals surface area contributed by atoms with Gasteiger partial charge in [-0.05, 0) is 55.5 Å². The Hall–Kier alpha value is -1.48. The molecule has 4 rings (SSSR count). The van der Waals surface area contributed by atoms with Gasteiger partial charge in [-0.3, -0.25) is 0 Å². The molecule has 2 heterocycles. The van der Waals surface area contributed by atoms with E-state index in [0.717, 1.165) is 24.4 Å². The van der Waals surface area contributed by atoms with E-state index >= 15 is 0 Å². The van der Waals surface area contributed by atoms with E-state index in [-0.39, 0.29) is 0 Å². The lowest BCUT2D eigenvalue weighted by molar-refractivity contribution is 0.262. The van der Waals surface area contributed by atoms with Crippen molar-refractivity contribution in [3.8, 4) is 5.75 Å². The molecule has 0 spiro atoms. The minimum absolute atomic E-state index is 0.368. The summed E-state index contributed by atoms with van der Waals surface area (Å²) in [6.45, 7) is 1.05. The van der Waals surface area contributed by atoms with Gasteiger partial charge in [-0.2, -0.15) is 0 Å². The number of phenolic OH excluding ortho intramolecular Hbond substituents is 1. The summed E-state index contributed by atoms with van der Waals surface area (Å²) < 4.78 is 0. The van der Waals surface area contributed by atoms with Crippen LogP contribution in [0.25, 0.3) is 10.9 Å². The highest BCUT2D eigenvalue weighted by Gasteiger charge is 2.31. The molecule has 20 heavy (non-hydrogen) atoms. The van der Waals surface area contributed by atoms with Crippen LogP contribution < -0.4 is 5.32 Å². The first kappa shape index (κ1) is 12.3. The van der Waals surface area contributed by atoms with Crippen LogP contribution in [0.2, 0.25) is 0 Å². The summed E-state index contributed by atoms with van der Waals surface area (Å²) in [4.78, 5) is 3.62. The lowest BCUT2D eigenvalue weighted by Crippen LogP contribution is -2.35. The fourth-order valence-electron chi connectivity index (χ4n) is 4.12. The molecule has 3 nitrogen and oxygen atoms in total. The normalized spacial score (nSPS) is 23.9. The van der Waals surface area contributed by atoms with Gasteiger partial charge in [-0.1, -0.05) is 19.3 Å². The maximum Gasteiger partial charge on any atom is 0.116 e. The first-order valence-electron chi connectivity index (χ1n) is 7.90. The molecule has 0 saturated heterocycles. The highest BCUT2D eigenvalue weighted by atomic mass is 16.3. The van der Waals surface area contributed by atoms with E-state index in [2.05, 4.69) is 10.3 Å². The van der Waals surface area contributed by atoms with Crippen LogP contribution in [0.15, 0.2) is 18.2 Å². The summed E-state index contributed by atoms with van der Waals surface area (Å²) in [5.41, 5.74) is 3.96. The average Bonchev–Trinajstić information content (AvgIpc) is 2.86. The second kappa shape index (κ2) is 4.81. The molecule has 1 unspecified atom stereocenters. The van der Waals surface area contributed by atoms with Crippen molar-refractivity contribution in [2.24, 2.45) is 5.92 Å². The largest absolute Gasteiger partial charge is 0.508 e. The van der Waals surface area contributed by atoms with Gasteiger partial charge in [-0.15, -0.1) is 0 Å². The number of hydrogen-bond acceptors (Lipinski definition) is 2. The van der Waals surface area contributed by atoms with Gasteiger partial charge in [-0.25, -0.2) is 0 Å². The number of aromatic amines is 1. The molecule has 1 aliphatic carbocycles. The molecule has 3 N–H and O–H groups in total. The number of aromatic nitrogens is 1. The molecule has 0 amide bonds. The summed E-state index contributed by atoms with van der Waals surface area (Å²) >= 11 is 0. The van der Waals surface area contributed by atoms with E-state index in [0.29, 0.717) is 11.8 Å². The summed E-state index contributed by atoms with van der Waals surface area (Å²) in [5.74, 6) is 1.14. The third-order valence-electron chi connectivity index (χ3n) is 5.09. The molecular weight excluding hydrogens is 248 g/mol. The fourth-order valence-corrected chi connectivity index (χ4v) is 4.12. The second-order valence-electron chi connectivity index (χ2n) is 6.33. The number of benzene rings is 1. The molecular formula is C17H22N2O. The van der Waals surface area contributed by atoms with Crippen LogP contribution in [0.1, 0.15) is 49.4 Å². The number of aromatic hydroxyl groups is 1. The van der Waals surface area contributed by atoms with Gasteiger partial charge in [0.15, 0.2) is 0 Å². The zero-order valence-electron chi connectivity index (χ0n) is 11.8. The van der Waals surface area contributed by atoms with E-state index in [9.17, 15) is 5.11 Å². The van der Waals surface area contributed by atoms with E-state index in [1.165, 1.54) is 48.7 Å². The second-order valence-corrected chi connectivity index (χ2v) is 6.33. The molecule has 106 valence electrons. The maximum atomic E-state index is 9.74. The minimum Gasteiger partial charge on any atom is -0.508 e. The summed E-state index contributed by atoms with van der Waals surface area (Å²) in [5, 5.41) is 14.7. The highest BCUT2D eigenvalue weighted by molar-refractivity contribution is 5.86.